The molecule has 23 heavy (non-hydrogen) atoms. The van der Waals surface area contributed by atoms with E-state index < -0.39 is 29.4 Å². The molecule has 0 saturated carbocycles. The molecule has 126 valence electrons. The molecule has 7 heteroatoms. The number of nitrogens with zero attached hydrogens (tertiary/aromatic N) is 1. The minimum absolute atomic E-state index is 0.239. The molecular formula is C16H19F2NO4. The topological polar surface area (TPSA) is 48.0 Å². The van der Waals surface area contributed by atoms with E-state index in [1.807, 2.05) is 13.8 Å². The molecule has 2 heterocycles. The van der Waals surface area contributed by atoms with Gasteiger partial charge in [-0.15, -0.1) is 0 Å². The predicted molar refractivity (Wildman–Crippen MR) is 76.5 cm³/mol. The summed E-state index contributed by atoms with van der Waals surface area (Å²) in [6.45, 7) is 4.24. The van der Waals surface area contributed by atoms with Gasteiger partial charge < -0.3 is 19.1 Å². The van der Waals surface area contributed by atoms with E-state index in [9.17, 15) is 13.6 Å². The fourth-order valence-corrected chi connectivity index (χ4v) is 3.18. The highest BCUT2D eigenvalue weighted by Gasteiger charge is 2.49. The number of amides is 1. The second kappa shape index (κ2) is 5.81. The van der Waals surface area contributed by atoms with Gasteiger partial charge in [-0.2, -0.15) is 0 Å². The maximum atomic E-state index is 13.9. The Bertz CT molecular complexity index is 586. The highest BCUT2D eigenvalue weighted by atomic mass is 19.1. The molecule has 3 atom stereocenters. The maximum Gasteiger partial charge on any atom is 0.256 e. The van der Waals surface area contributed by atoms with Crippen LogP contribution in [0, 0.1) is 11.6 Å². The van der Waals surface area contributed by atoms with Crippen molar-refractivity contribution in [2.45, 2.75) is 37.9 Å². The summed E-state index contributed by atoms with van der Waals surface area (Å²) < 4.78 is 44.4. The van der Waals surface area contributed by atoms with E-state index in [2.05, 4.69) is 0 Å². The largest absolute Gasteiger partial charge is 0.367 e. The van der Waals surface area contributed by atoms with Crippen LogP contribution in [-0.4, -0.2) is 49.0 Å². The first-order valence-electron chi connectivity index (χ1n) is 7.43. The summed E-state index contributed by atoms with van der Waals surface area (Å²) >= 11 is 0. The molecule has 2 saturated heterocycles. The van der Waals surface area contributed by atoms with Gasteiger partial charge in [0.2, 0.25) is 0 Å². The summed E-state index contributed by atoms with van der Waals surface area (Å²) in [7, 11) is 1.25. The number of halogens is 2. The van der Waals surface area contributed by atoms with Crippen LogP contribution < -0.4 is 0 Å². The number of methoxy groups -OCH3 is 1. The lowest BCUT2D eigenvalue weighted by molar-refractivity contribution is -0.164. The van der Waals surface area contributed by atoms with Gasteiger partial charge in [0, 0.05) is 20.2 Å². The normalized spacial score (nSPS) is 27.1. The Balaban J connectivity index is 1.78. The zero-order chi connectivity index (χ0) is 16.8. The molecule has 0 aromatic heterocycles. The molecule has 1 aromatic carbocycles. The zero-order valence-electron chi connectivity index (χ0n) is 13.2. The summed E-state index contributed by atoms with van der Waals surface area (Å²) in [5, 5.41) is 0. The van der Waals surface area contributed by atoms with E-state index in [0.717, 1.165) is 12.1 Å². The van der Waals surface area contributed by atoms with Gasteiger partial charge >= 0.3 is 0 Å². The molecule has 0 bridgehead atoms. The van der Waals surface area contributed by atoms with Crippen molar-refractivity contribution >= 4 is 5.91 Å². The number of hydrogen-bond acceptors (Lipinski definition) is 4. The lowest BCUT2D eigenvalue weighted by Gasteiger charge is -2.26. The Morgan fingerprint density at radius 1 is 1.26 bits per heavy atom. The zero-order valence-corrected chi connectivity index (χ0v) is 13.2. The van der Waals surface area contributed by atoms with Crippen molar-refractivity contribution in [2.24, 2.45) is 0 Å². The average Bonchev–Trinajstić information content (AvgIpc) is 2.95. The molecule has 5 nitrogen and oxygen atoms in total. The van der Waals surface area contributed by atoms with Crippen molar-refractivity contribution in [3.63, 3.8) is 0 Å². The van der Waals surface area contributed by atoms with Gasteiger partial charge in [0.1, 0.15) is 23.8 Å². The van der Waals surface area contributed by atoms with Crippen LogP contribution >= 0.6 is 0 Å². The minimum Gasteiger partial charge on any atom is -0.367 e. The first kappa shape index (κ1) is 16.3. The number of rotatable bonds is 3. The minimum atomic E-state index is -1.33. The Morgan fingerprint density at radius 3 is 2.26 bits per heavy atom. The van der Waals surface area contributed by atoms with Crippen molar-refractivity contribution in [1.29, 1.82) is 0 Å². The molecule has 2 aliphatic heterocycles. The summed E-state index contributed by atoms with van der Waals surface area (Å²) in [5.74, 6) is -2.80. The van der Waals surface area contributed by atoms with Crippen molar-refractivity contribution in [2.75, 3.05) is 20.2 Å². The molecule has 0 aliphatic carbocycles. The molecule has 2 fully saturated rings. The number of carbonyl (C=O) groups excluding carboxylic acids is 1. The van der Waals surface area contributed by atoms with E-state index in [1.165, 1.54) is 18.1 Å². The highest BCUT2D eigenvalue weighted by Crippen LogP contribution is 2.35. The van der Waals surface area contributed by atoms with Crippen LogP contribution in [0.5, 0.6) is 0 Å². The van der Waals surface area contributed by atoms with Crippen LogP contribution in [0.2, 0.25) is 0 Å². The second-order valence-electron chi connectivity index (χ2n) is 6.21. The predicted octanol–water partition coefficient (Wildman–Crippen LogP) is 2.01. The number of carbonyl (C=O) groups is 1. The lowest BCUT2D eigenvalue weighted by Crippen LogP contribution is -2.38. The van der Waals surface area contributed by atoms with E-state index in [0.29, 0.717) is 13.1 Å². The Hall–Kier alpha value is -1.57. The summed E-state index contributed by atoms with van der Waals surface area (Å²) in [6, 6.07) is 3.45. The number of likely N-dealkylation sites (tertiary alicyclic amines) is 1. The van der Waals surface area contributed by atoms with E-state index in [1.54, 1.807) is 0 Å². The van der Waals surface area contributed by atoms with Gasteiger partial charge in [0.15, 0.2) is 11.9 Å². The van der Waals surface area contributed by atoms with Crippen LogP contribution in [0.1, 0.15) is 25.5 Å². The molecule has 1 aromatic rings. The van der Waals surface area contributed by atoms with Crippen LogP contribution in [0.3, 0.4) is 0 Å². The summed E-state index contributed by atoms with van der Waals surface area (Å²) in [4.78, 5) is 14.1. The molecule has 2 aliphatic rings. The third-order valence-electron chi connectivity index (χ3n) is 4.12. The molecule has 1 unspecified atom stereocenters. The average molecular weight is 327 g/mol. The van der Waals surface area contributed by atoms with E-state index in [-0.39, 0.29) is 17.8 Å². The second-order valence-corrected chi connectivity index (χ2v) is 6.21. The SMILES string of the molecule is COC(C(=O)N1C[C@@H]2OC(C)(C)O[C@@H]2C1)c1c(F)cccc1F. The number of fused-ring (bicyclic) bond motifs is 1. The lowest BCUT2D eigenvalue weighted by atomic mass is 10.1. The van der Waals surface area contributed by atoms with E-state index >= 15 is 0 Å². The fraction of sp³-hybridized carbons (Fsp3) is 0.562. The Labute approximate surface area is 133 Å². The number of benzene rings is 1. The van der Waals surface area contributed by atoms with Gasteiger partial charge in [-0.05, 0) is 26.0 Å². The molecule has 0 radical (unpaired) electrons. The van der Waals surface area contributed by atoms with Crippen LogP contribution in [0.15, 0.2) is 18.2 Å². The molecular weight excluding hydrogens is 308 g/mol. The monoisotopic (exact) mass is 327 g/mol. The van der Waals surface area contributed by atoms with Crippen molar-refractivity contribution in [3.8, 4) is 0 Å². The molecule has 0 spiro atoms. The van der Waals surface area contributed by atoms with Crippen LogP contribution in [0.4, 0.5) is 8.78 Å². The van der Waals surface area contributed by atoms with Gasteiger partial charge in [-0.1, -0.05) is 6.07 Å². The van der Waals surface area contributed by atoms with Gasteiger partial charge in [-0.3, -0.25) is 4.79 Å². The number of ether oxygens (including phenoxy) is 3. The van der Waals surface area contributed by atoms with Crippen molar-refractivity contribution in [1.82, 2.24) is 4.90 Å². The standard InChI is InChI=1S/C16H19F2NO4/c1-16(2)22-11-7-19(8-12(11)23-16)15(20)14(21-3)13-9(17)5-4-6-10(13)18/h4-6,11-12,14H,7-8H2,1-3H3/t11-,12+,14?. The summed E-state index contributed by atoms with van der Waals surface area (Å²) in [6.07, 6.45) is -1.81. The van der Waals surface area contributed by atoms with Crippen molar-refractivity contribution in [3.05, 3.63) is 35.4 Å². The first-order chi connectivity index (χ1) is 10.8. The fourth-order valence-electron chi connectivity index (χ4n) is 3.18. The van der Waals surface area contributed by atoms with Gasteiger partial charge in [0.25, 0.3) is 5.91 Å². The quantitative estimate of drug-likeness (QED) is 0.852. The Morgan fingerprint density at radius 2 is 1.78 bits per heavy atom. The van der Waals surface area contributed by atoms with Crippen LogP contribution in [0.25, 0.3) is 0 Å². The van der Waals surface area contributed by atoms with Crippen molar-refractivity contribution < 1.29 is 27.8 Å². The molecule has 3 rings (SSSR count). The summed E-state index contributed by atoms with van der Waals surface area (Å²) in [5.41, 5.74) is -0.376. The smallest absolute Gasteiger partial charge is 0.256 e. The highest BCUT2D eigenvalue weighted by molar-refractivity contribution is 5.83. The maximum absolute atomic E-state index is 13.9. The first-order valence-corrected chi connectivity index (χ1v) is 7.43. The molecule has 1 amide bonds. The van der Waals surface area contributed by atoms with Gasteiger partial charge in [0.05, 0.1) is 5.56 Å². The van der Waals surface area contributed by atoms with Gasteiger partial charge in [-0.25, -0.2) is 8.78 Å². The Kier molecular flexibility index (Phi) is 4.12. The van der Waals surface area contributed by atoms with E-state index in [4.69, 9.17) is 14.2 Å². The van der Waals surface area contributed by atoms with Crippen LogP contribution in [-0.2, 0) is 19.0 Å². The third kappa shape index (κ3) is 2.96. The molecule has 0 N–H and O–H groups in total. The number of hydrogen-bond donors (Lipinski definition) is 0. The third-order valence-corrected chi connectivity index (χ3v) is 4.12.